The summed E-state index contributed by atoms with van der Waals surface area (Å²) in [5.41, 5.74) is 3.02. The van der Waals surface area contributed by atoms with Crippen molar-refractivity contribution in [2.75, 3.05) is 11.6 Å². The number of aryl methyl sites for hydroxylation is 1. The van der Waals surface area contributed by atoms with Crippen LogP contribution in [0, 0.1) is 6.92 Å². The Morgan fingerprint density at radius 3 is 2.67 bits per heavy atom. The maximum absolute atomic E-state index is 12.6. The number of hydrogen-bond acceptors (Lipinski definition) is 5. The lowest BCUT2D eigenvalue weighted by Gasteiger charge is -2.13. The lowest BCUT2D eigenvalue weighted by atomic mass is 10.1. The Balaban J connectivity index is 1.72. The molecule has 3 aromatic rings. The van der Waals surface area contributed by atoms with Crippen molar-refractivity contribution in [3.8, 4) is 11.4 Å². The molecule has 0 spiro atoms. The quantitative estimate of drug-likeness (QED) is 0.614. The fourth-order valence-corrected chi connectivity index (χ4v) is 4.02. The van der Waals surface area contributed by atoms with Crippen molar-refractivity contribution in [1.82, 2.24) is 14.8 Å². The maximum atomic E-state index is 12.6. The van der Waals surface area contributed by atoms with E-state index in [2.05, 4.69) is 21.6 Å². The van der Waals surface area contributed by atoms with E-state index in [1.807, 2.05) is 74.2 Å². The Hall–Kier alpha value is -2.25. The van der Waals surface area contributed by atoms with Crippen molar-refractivity contribution >= 4 is 35.1 Å². The van der Waals surface area contributed by atoms with Gasteiger partial charge in [0, 0.05) is 17.5 Å². The highest BCUT2D eigenvalue weighted by molar-refractivity contribution is 8.00. The Kier molecular flexibility index (Phi) is 6.23. The Morgan fingerprint density at radius 2 is 1.93 bits per heavy atom. The zero-order valence-electron chi connectivity index (χ0n) is 15.8. The summed E-state index contributed by atoms with van der Waals surface area (Å²) in [5, 5.41) is 12.0. The molecule has 0 bridgehead atoms. The molecule has 5 nitrogen and oxygen atoms in total. The molecule has 0 saturated heterocycles. The van der Waals surface area contributed by atoms with Crippen LogP contribution in [0.1, 0.15) is 12.5 Å². The summed E-state index contributed by atoms with van der Waals surface area (Å²) in [6, 6.07) is 15.9. The second kappa shape index (κ2) is 8.63. The number of hydrogen-bond donors (Lipinski definition) is 1. The summed E-state index contributed by atoms with van der Waals surface area (Å²) in [6.07, 6.45) is 2.00. The van der Waals surface area contributed by atoms with Gasteiger partial charge in [-0.15, -0.1) is 22.0 Å². The number of carbonyl (C=O) groups excluding carboxylic acids is 1. The standard InChI is InChI=1S/C20H22N4OS2/c1-13-8-7-9-15(12-13)18-22-23-20(24(18)3)27-14(2)19(25)21-16-10-5-6-11-17(16)26-4/h5-12,14H,1-4H3,(H,21,25). The maximum Gasteiger partial charge on any atom is 0.237 e. The number of para-hydroxylation sites is 1. The van der Waals surface area contributed by atoms with Gasteiger partial charge in [0.05, 0.1) is 10.9 Å². The number of thioether (sulfide) groups is 2. The zero-order valence-corrected chi connectivity index (χ0v) is 17.4. The predicted octanol–water partition coefficient (Wildman–Crippen LogP) is 4.63. The van der Waals surface area contributed by atoms with Gasteiger partial charge in [0.15, 0.2) is 11.0 Å². The highest BCUT2D eigenvalue weighted by atomic mass is 32.2. The molecule has 1 amide bonds. The van der Waals surface area contributed by atoms with Crippen LogP contribution < -0.4 is 5.32 Å². The van der Waals surface area contributed by atoms with Crippen molar-refractivity contribution in [1.29, 1.82) is 0 Å². The summed E-state index contributed by atoms with van der Waals surface area (Å²) in [5.74, 6) is 0.739. The van der Waals surface area contributed by atoms with Gasteiger partial charge in [-0.3, -0.25) is 4.79 Å². The summed E-state index contributed by atoms with van der Waals surface area (Å²) in [4.78, 5) is 13.7. The molecule has 0 aliphatic carbocycles. The molecule has 0 saturated carbocycles. The van der Waals surface area contributed by atoms with Crippen molar-refractivity contribution < 1.29 is 4.79 Å². The minimum absolute atomic E-state index is 0.0541. The van der Waals surface area contributed by atoms with Gasteiger partial charge in [0.25, 0.3) is 0 Å². The first-order valence-electron chi connectivity index (χ1n) is 8.56. The number of rotatable bonds is 6. The Morgan fingerprint density at radius 1 is 1.15 bits per heavy atom. The lowest BCUT2D eigenvalue weighted by Crippen LogP contribution is -2.23. The van der Waals surface area contributed by atoms with Crippen LogP contribution in [0.25, 0.3) is 11.4 Å². The summed E-state index contributed by atoms with van der Waals surface area (Å²) in [7, 11) is 1.92. The number of nitrogens with one attached hydrogen (secondary N) is 1. The molecular weight excluding hydrogens is 376 g/mol. The molecule has 1 N–H and O–H groups in total. The fraction of sp³-hybridized carbons (Fsp3) is 0.250. The van der Waals surface area contributed by atoms with Crippen molar-refractivity contribution in [3.63, 3.8) is 0 Å². The average molecular weight is 399 g/mol. The molecule has 3 rings (SSSR count). The van der Waals surface area contributed by atoms with E-state index < -0.39 is 0 Å². The van der Waals surface area contributed by atoms with Gasteiger partial charge in [-0.05, 0) is 38.3 Å². The lowest BCUT2D eigenvalue weighted by molar-refractivity contribution is -0.115. The van der Waals surface area contributed by atoms with Crippen molar-refractivity contribution in [2.24, 2.45) is 7.05 Å². The van der Waals surface area contributed by atoms with E-state index in [0.29, 0.717) is 5.16 Å². The predicted molar refractivity (Wildman–Crippen MR) is 113 cm³/mol. The van der Waals surface area contributed by atoms with Gasteiger partial charge in [0.2, 0.25) is 5.91 Å². The topological polar surface area (TPSA) is 59.8 Å². The largest absolute Gasteiger partial charge is 0.324 e. The molecule has 1 aromatic heterocycles. The molecule has 7 heteroatoms. The van der Waals surface area contributed by atoms with Gasteiger partial charge in [-0.1, -0.05) is 47.7 Å². The number of anilines is 1. The first kappa shape index (κ1) is 19.5. The highest BCUT2D eigenvalue weighted by Gasteiger charge is 2.20. The van der Waals surface area contributed by atoms with Crippen molar-refractivity contribution in [3.05, 3.63) is 54.1 Å². The van der Waals surface area contributed by atoms with E-state index >= 15 is 0 Å². The molecule has 27 heavy (non-hydrogen) atoms. The molecular formula is C20H22N4OS2. The van der Waals surface area contributed by atoms with Gasteiger partial charge in [-0.2, -0.15) is 0 Å². The SMILES string of the molecule is CSc1ccccc1NC(=O)C(C)Sc1nnc(-c2cccc(C)c2)n1C. The van der Waals surface area contributed by atoms with Crippen LogP contribution in [0.5, 0.6) is 0 Å². The molecule has 1 atom stereocenters. The molecule has 2 aromatic carbocycles. The van der Waals surface area contributed by atoms with E-state index in [0.717, 1.165) is 22.0 Å². The summed E-state index contributed by atoms with van der Waals surface area (Å²) < 4.78 is 1.93. The highest BCUT2D eigenvalue weighted by Crippen LogP contribution is 2.28. The number of benzene rings is 2. The van der Waals surface area contributed by atoms with Crippen LogP contribution >= 0.6 is 23.5 Å². The number of nitrogens with zero attached hydrogens (tertiary/aromatic N) is 3. The van der Waals surface area contributed by atoms with Crippen LogP contribution in [-0.4, -0.2) is 32.2 Å². The molecule has 1 unspecified atom stereocenters. The van der Waals surface area contributed by atoms with Crippen LogP contribution in [0.3, 0.4) is 0 Å². The molecule has 0 fully saturated rings. The monoisotopic (exact) mass is 398 g/mol. The van der Waals surface area contributed by atoms with Gasteiger partial charge in [0.1, 0.15) is 0 Å². The molecule has 0 aliphatic rings. The van der Waals surface area contributed by atoms with Crippen LogP contribution in [0.4, 0.5) is 5.69 Å². The second-order valence-electron chi connectivity index (χ2n) is 6.18. The van der Waals surface area contributed by atoms with E-state index in [1.54, 1.807) is 11.8 Å². The number of amides is 1. The smallest absolute Gasteiger partial charge is 0.237 e. The van der Waals surface area contributed by atoms with E-state index in [4.69, 9.17) is 0 Å². The first-order valence-corrected chi connectivity index (χ1v) is 10.7. The van der Waals surface area contributed by atoms with E-state index in [-0.39, 0.29) is 11.2 Å². The third kappa shape index (κ3) is 4.54. The average Bonchev–Trinajstić information content (AvgIpc) is 3.02. The zero-order chi connectivity index (χ0) is 19.4. The summed E-state index contributed by atoms with van der Waals surface area (Å²) >= 11 is 3.01. The first-order chi connectivity index (χ1) is 13.0. The molecule has 1 heterocycles. The van der Waals surface area contributed by atoms with Crippen LogP contribution in [0.15, 0.2) is 58.6 Å². The molecule has 140 valence electrons. The molecule has 0 radical (unpaired) electrons. The minimum atomic E-state index is -0.298. The van der Waals surface area contributed by atoms with Crippen LogP contribution in [-0.2, 0) is 11.8 Å². The van der Waals surface area contributed by atoms with Gasteiger partial charge < -0.3 is 9.88 Å². The van der Waals surface area contributed by atoms with E-state index in [1.165, 1.54) is 17.3 Å². The third-order valence-corrected chi connectivity index (χ3v) is 6.06. The minimum Gasteiger partial charge on any atom is -0.324 e. The van der Waals surface area contributed by atoms with Crippen LogP contribution in [0.2, 0.25) is 0 Å². The Labute approximate surface area is 168 Å². The Bertz CT molecular complexity index is 955. The molecule has 0 aliphatic heterocycles. The second-order valence-corrected chi connectivity index (χ2v) is 8.34. The normalized spacial score (nSPS) is 12.0. The number of aromatic nitrogens is 3. The fourth-order valence-electron chi connectivity index (χ4n) is 2.65. The van der Waals surface area contributed by atoms with Gasteiger partial charge >= 0.3 is 0 Å². The van der Waals surface area contributed by atoms with Gasteiger partial charge in [-0.25, -0.2) is 0 Å². The summed E-state index contributed by atoms with van der Waals surface area (Å²) in [6.45, 7) is 3.93. The van der Waals surface area contributed by atoms with E-state index in [9.17, 15) is 4.79 Å². The van der Waals surface area contributed by atoms with Crippen molar-refractivity contribution in [2.45, 2.75) is 29.1 Å². The number of carbonyl (C=O) groups is 1. The third-order valence-electron chi connectivity index (χ3n) is 4.13.